The van der Waals surface area contributed by atoms with Crippen LogP contribution in [-0.2, 0) is 16.4 Å². The lowest BCUT2D eigenvalue weighted by atomic mass is 9.90. The van der Waals surface area contributed by atoms with E-state index >= 15 is 0 Å². The van der Waals surface area contributed by atoms with E-state index in [4.69, 9.17) is 5.14 Å². The van der Waals surface area contributed by atoms with Crippen molar-refractivity contribution < 1.29 is 13.5 Å². The molecule has 110 valence electrons. The first-order valence-electron chi connectivity index (χ1n) is 6.63. The number of nitrogens with one attached hydrogen (secondary N) is 1. The molecule has 0 saturated carbocycles. The summed E-state index contributed by atoms with van der Waals surface area (Å²) in [6, 6.07) is 11.9. The van der Waals surface area contributed by atoms with Crippen molar-refractivity contribution in [2.75, 3.05) is 6.54 Å². The highest BCUT2D eigenvalue weighted by molar-refractivity contribution is 7.89. The molecule has 4 N–H and O–H groups in total. The minimum atomic E-state index is -3.67. The largest absolute Gasteiger partial charge is 0.508 e. The van der Waals surface area contributed by atoms with Crippen LogP contribution in [0.4, 0.5) is 0 Å². The summed E-state index contributed by atoms with van der Waals surface area (Å²) in [4.78, 5) is 0.105. The number of aromatic hydroxyl groups is 1. The molecule has 0 spiro atoms. The molecule has 1 aliphatic heterocycles. The highest BCUT2D eigenvalue weighted by Gasteiger charge is 2.21. The fraction of sp³-hybridized carbons (Fsp3) is 0.200. The number of fused-ring (bicyclic) bond motifs is 1. The Labute approximate surface area is 123 Å². The third-order valence-electron chi connectivity index (χ3n) is 3.72. The van der Waals surface area contributed by atoms with E-state index in [0.717, 1.165) is 29.7 Å². The Kier molecular flexibility index (Phi) is 3.44. The van der Waals surface area contributed by atoms with Crippen molar-refractivity contribution >= 4 is 10.0 Å². The van der Waals surface area contributed by atoms with Crippen molar-refractivity contribution in [1.82, 2.24) is 5.32 Å². The van der Waals surface area contributed by atoms with Crippen molar-refractivity contribution in [1.29, 1.82) is 0 Å². The van der Waals surface area contributed by atoms with E-state index in [1.807, 2.05) is 6.07 Å². The Morgan fingerprint density at radius 3 is 2.52 bits per heavy atom. The van der Waals surface area contributed by atoms with Crippen LogP contribution in [0.1, 0.15) is 22.7 Å². The number of sulfonamides is 1. The summed E-state index contributed by atoms with van der Waals surface area (Å²) >= 11 is 0. The summed E-state index contributed by atoms with van der Waals surface area (Å²) in [6.07, 6.45) is 0.857. The van der Waals surface area contributed by atoms with Gasteiger partial charge in [0, 0.05) is 6.54 Å². The van der Waals surface area contributed by atoms with Gasteiger partial charge in [-0.05, 0) is 47.4 Å². The quantitative estimate of drug-likeness (QED) is 0.779. The Balaban J connectivity index is 1.99. The van der Waals surface area contributed by atoms with E-state index in [2.05, 4.69) is 5.32 Å². The highest BCUT2D eigenvalue weighted by atomic mass is 32.2. The fourth-order valence-electron chi connectivity index (χ4n) is 2.70. The first kappa shape index (κ1) is 14.1. The molecule has 0 bridgehead atoms. The van der Waals surface area contributed by atoms with E-state index < -0.39 is 10.0 Å². The minimum absolute atomic E-state index is 0.0103. The number of hydrogen-bond donors (Lipinski definition) is 3. The fourth-order valence-corrected chi connectivity index (χ4v) is 3.21. The van der Waals surface area contributed by atoms with E-state index in [0.29, 0.717) is 0 Å². The van der Waals surface area contributed by atoms with Crippen molar-refractivity contribution in [3.8, 4) is 5.75 Å². The number of phenols is 1. The Morgan fingerprint density at radius 1 is 1.14 bits per heavy atom. The van der Waals surface area contributed by atoms with Crippen molar-refractivity contribution in [3.63, 3.8) is 0 Å². The molecule has 1 unspecified atom stereocenters. The molecule has 0 amide bonds. The van der Waals surface area contributed by atoms with Gasteiger partial charge in [-0.2, -0.15) is 0 Å². The molecule has 2 aromatic rings. The van der Waals surface area contributed by atoms with Gasteiger partial charge >= 0.3 is 0 Å². The second-order valence-electron chi connectivity index (χ2n) is 5.13. The number of rotatable bonds is 2. The maximum absolute atomic E-state index is 11.3. The molecule has 2 aromatic carbocycles. The van der Waals surface area contributed by atoms with Gasteiger partial charge in [0.2, 0.25) is 10.0 Å². The van der Waals surface area contributed by atoms with Crippen LogP contribution >= 0.6 is 0 Å². The van der Waals surface area contributed by atoms with Crippen molar-refractivity contribution in [2.24, 2.45) is 5.14 Å². The molecule has 1 atom stereocenters. The number of benzene rings is 2. The molecule has 0 fully saturated rings. The standard InChI is InChI=1S/C15H16N2O3S/c16-21(19,20)13-4-1-10(2-5-13)15-14-6-3-12(18)9-11(14)7-8-17-15/h1-6,9,15,17-18H,7-8H2,(H2,16,19,20). The lowest BCUT2D eigenvalue weighted by Crippen LogP contribution is -2.30. The average molecular weight is 304 g/mol. The van der Waals surface area contributed by atoms with Gasteiger partial charge in [-0.3, -0.25) is 0 Å². The van der Waals surface area contributed by atoms with E-state index in [1.165, 1.54) is 12.1 Å². The van der Waals surface area contributed by atoms with Crippen LogP contribution in [0.3, 0.4) is 0 Å². The highest BCUT2D eigenvalue weighted by Crippen LogP contribution is 2.31. The van der Waals surface area contributed by atoms with Crippen LogP contribution < -0.4 is 10.5 Å². The van der Waals surface area contributed by atoms with Gasteiger partial charge in [0.05, 0.1) is 10.9 Å². The number of primary sulfonamides is 1. The van der Waals surface area contributed by atoms with Crippen LogP contribution in [0.5, 0.6) is 5.75 Å². The van der Waals surface area contributed by atoms with Gasteiger partial charge in [0.25, 0.3) is 0 Å². The number of hydrogen-bond acceptors (Lipinski definition) is 4. The molecule has 1 aliphatic rings. The molecule has 3 rings (SSSR count). The zero-order chi connectivity index (χ0) is 15.0. The van der Waals surface area contributed by atoms with E-state index in [9.17, 15) is 13.5 Å². The van der Waals surface area contributed by atoms with Gasteiger partial charge in [-0.25, -0.2) is 13.6 Å². The lowest BCUT2D eigenvalue weighted by Gasteiger charge is -2.27. The zero-order valence-corrected chi connectivity index (χ0v) is 12.1. The maximum atomic E-state index is 11.3. The summed E-state index contributed by atoms with van der Waals surface area (Å²) in [6.45, 7) is 0.804. The van der Waals surface area contributed by atoms with Gasteiger partial charge in [0.15, 0.2) is 0 Å². The Morgan fingerprint density at radius 2 is 1.86 bits per heavy atom. The van der Waals surface area contributed by atoms with Crippen molar-refractivity contribution in [2.45, 2.75) is 17.4 Å². The Hall–Kier alpha value is -1.89. The molecule has 0 aromatic heterocycles. The summed E-state index contributed by atoms with van der Waals surface area (Å²) in [5.74, 6) is 0.263. The number of phenolic OH excluding ortho intramolecular Hbond substituents is 1. The second-order valence-corrected chi connectivity index (χ2v) is 6.70. The average Bonchev–Trinajstić information content (AvgIpc) is 2.45. The summed E-state index contributed by atoms with van der Waals surface area (Å²) < 4.78 is 22.6. The normalized spacial score (nSPS) is 18.2. The SMILES string of the molecule is NS(=O)(=O)c1ccc(C2NCCc3cc(O)ccc32)cc1. The number of nitrogens with two attached hydrogens (primary N) is 1. The van der Waals surface area contributed by atoms with E-state index in [1.54, 1.807) is 24.3 Å². The summed E-state index contributed by atoms with van der Waals surface area (Å²) in [5.41, 5.74) is 3.17. The van der Waals surface area contributed by atoms with Crippen LogP contribution in [-0.4, -0.2) is 20.1 Å². The Bertz CT molecular complexity index is 770. The molecular formula is C15H16N2O3S. The maximum Gasteiger partial charge on any atom is 0.238 e. The molecular weight excluding hydrogens is 288 g/mol. The zero-order valence-electron chi connectivity index (χ0n) is 11.3. The molecule has 21 heavy (non-hydrogen) atoms. The second kappa shape index (κ2) is 5.14. The van der Waals surface area contributed by atoms with E-state index in [-0.39, 0.29) is 16.7 Å². The lowest BCUT2D eigenvalue weighted by molar-refractivity contribution is 0.471. The third-order valence-corrected chi connectivity index (χ3v) is 4.65. The first-order chi connectivity index (χ1) is 9.95. The predicted molar refractivity (Wildman–Crippen MR) is 79.5 cm³/mol. The molecule has 0 aliphatic carbocycles. The van der Waals surface area contributed by atoms with Crippen LogP contribution in [0, 0.1) is 0 Å². The van der Waals surface area contributed by atoms with Gasteiger partial charge in [0.1, 0.15) is 5.75 Å². The predicted octanol–water partition coefficient (Wildman–Crippen LogP) is 1.27. The van der Waals surface area contributed by atoms with Crippen molar-refractivity contribution in [3.05, 3.63) is 59.2 Å². The topological polar surface area (TPSA) is 92.4 Å². The molecule has 0 saturated heterocycles. The summed E-state index contributed by atoms with van der Waals surface area (Å²) in [5, 5.41) is 18.1. The third kappa shape index (κ3) is 2.78. The van der Waals surface area contributed by atoms with Crippen LogP contribution in [0.15, 0.2) is 47.4 Å². The monoisotopic (exact) mass is 304 g/mol. The molecule has 1 heterocycles. The smallest absolute Gasteiger partial charge is 0.238 e. The van der Waals surface area contributed by atoms with Gasteiger partial charge < -0.3 is 10.4 Å². The minimum Gasteiger partial charge on any atom is -0.508 e. The summed E-state index contributed by atoms with van der Waals surface area (Å²) in [7, 11) is -3.67. The molecule has 0 radical (unpaired) electrons. The van der Waals surface area contributed by atoms with Crippen LogP contribution in [0.2, 0.25) is 0 Å². The van der Waals surface area contributed by atoms with Gasteiger partial charge in [-0.15, -0.1) is 0 Å². The van der Waals surface area contributed by atoms with Crippen LogP contribution in [0.25, 0.3) is 0 Å². The molecule has 6 heteroatoms. The molecule has 5 nitrogen and oxygen atoms in total. The van der Waals surface area contributed by atoms with Gasteiger partial charge in [-0.1, -0.05) is 18.2 Å². The first-order valence-corrected chi connectivity index (χ1v) is 8.18.